The second kappa shape index (κ2) is 6.36. The van der Waals surface area contributed by atoms with Crippen molar-refractivity contribution >= 4 is 16.9 Å². The maximum absolute atomic E-state index is 13.8. The van der Waals surface area contributed by atoms with Crippen molar-refractivity contribution in [2.45, 2.75) is 12.8 Å². The number of fused-ring (bicyclic) bond motifs is 1. The molecule has 1 aromatic heterocycles. The number of carbonyl (C=O) groups excluding carboxylic acids is 1. The van der Waals surface area contributed by atoms with Gasteiger partial charge in [-0.2, -0.15) is 0 Å². The standard InChI is InChI=1S/C16H19FN4O/c1-18-9-11-3-2-6-21(10-11)16(22)13-7-12(17)8-14-15(13)20-5-4-19-14/h4-5,7-8,11,18H,2-3,6,9-10H2,1H3/t11-/m1/s1. The lowest BCUT2D eigenvalue weighted by atomic mass is 9.97. The van der Waals surface area contributed by atoms with Crippen molar-refractivity contribution in [1.29, 1.82) is 0 Å². The molecule has 0 bridgehead atoms. The van der Waals surface area contributed by atoms with Gasteiger partial charge in [0.1, 0.15) is 11.3 Å². The zero-order valence-electron chi connectivity index (χ0n) is 12.6. The number of aromatic nitrogens is 2. The highest BCUT2D eigenvalue weighted by atomic mass is 19.1. The predicted octanol–water partition coefficient (Wildman–Crippen LogP) is 1.84. The van der Waals surface area contributed by atoms with E-state index in [2.05, 4.69) is 15.3 Å². The minimum Gasteiger partial charge on any atom is -0.338 e. The third-order valence-electron chi connectivity index (χ3n) is 4.07. The molecule has 0 radical (unpaired) electrons. The first kappa shape index (κ1) is 14.8. The van der Waals surface area contributed by atoms with Gasteiger partial charge in [0.05, 0.1) is 11.1 Å². The number of hydrogen-bond acceptors (Lipinski definition) is 4. The second-order valence-corrected chi connectivity index (χ2v) is 5.69. The zero-order valence-corrected chi connectivity index (χ0v) is 12.6. The van der Waals surface area contributed by atoms with Gasteiger partial charge in [0.15, 0.2) is 0 Å². The van der Waals surface area contributed by atoms with Gasteiger partial charge in [-0.25, -0.2) is 4.39 Å². The average Bonchev–Trinajstić information content (AvgIpc) is 2.54. The Kier molecular flexibility index (Phi) is 4.29. The summed E-state index contributed by atoms with van der Waals surface area (Å²) in [6.07, 6.45) is 5.10. The lowest BCUT2D eigenvalue weighted by molar-refractivity contribution is 0.0675. The quantitative estimate of drug-likeness (QED) is 0.940. The van der Waals surface area contributed by atoms with E-state index >= 15 is 0 Å². The van der Waals surface area contributed by atoms with Gasteiger partial charge in [-0.05, 0) is 38.4 Å². The summed E-state index contributed by atoms with van der Waals surface area (Å²) >= 11 is 0. The van der Waals surface area contributed by atoms with E-state index in [1.807, 2.05) is 7.05 Å². The van der Waals surface area contributed by atoms with E-state index in [0.717, 1.165) is 19.4 Å². The molecule has 5 nitrogen and oxygen atoms in total. The third kappa shape index (κ3) is 2.92. The summed E-state index contributed by atoms with van der Waals surface area (Å²) in [7, 11) is 1.91. The monoisotopic (exact) mass is 302 g/mol. The van der Waals surface area contributed by atoms with Gasteiger partial charge in [-0.15, -0.1) is 0 Å². The van der Waals surface area contributed by atoms with Gasteiger partial charge in [0, 0.05) is 31.5 Å². The summed E-state index contributed by atoms with van der Waals surface area (Å²) in [5.74, 6) is -0.181. The topological polar surface area (TPSA) is 58.1 Å². The number of amides is 1. The van der Waals surface area contributed by atoms with Crippen molar-refractivity contribution in [2.24, 2.45) is 5.92 Å². The molecule has 116 valence electrons. The molecule has 1 amide bonds. The van der Waals surface area contributed by atoms with E-state index in [1.165, 1.54) is 24.5 Å². The molecule has 3 rings (SSSR count). The van der Waals surface area contributed by atoms with Crippen molar-refractivity contribution in [1.82, 2.24) is 20.2 Å². The Morgan fingerprint density at radius 2 is 2.23 bits per heavy atom. The molecule has 0 saturated carbocycles. The number of piperidine rings is 1. The number of halogens is 1. The molecule has 22 heavy (non-hydrogen) atoms. The molecule has 6 heteroatoms. The van der Waals surface area contributed by atoms with E-state index in [0.29, 0.717) is 35.6 Å². The lowest BCUT2D eigenvalue weighted by Gasteiger charge is -2.32. The lowest BCUT2D eigenvalue weighted by Crippen LogP contribution is -2.42. The average molecular weight is 302 g/mol. The van der Waals surface area contributed by atoms with Crippen molar-refractivity contribution in [3.8, 4) is 0 Å². The normalized spacial score (nSPS) is 18.6. The SMILES string of the molecule is CNC[C@H]1CCCN(C(=O)c2cc(F)cc3nccnc23)C1. The van der Waals surface area contributed by atoms with Crippen LogP contribution in [0.15, 0.2) is 24.5 Å². The number of likely N-dealkylation sites (tertiary alicyclic amines) is 1. The Morgan fingerprint density at radius 1 is 1.41 bits per heavy atom. The molecule has 1 saturated heterocycles. The molecular weight excluding hydrogens is 283 g/mol. The zero-order chi connectivity index (χ0) is 15.5. The molecule has 0 spiro atoms. The summed E-state index contributed by atoms with van der Waals surface area (Å²) in [5, 5.41) is 3.16. The Morgan fingerprint density at radius 3 is 3.05 bits per heavy atom. The molecule has 1 aromatic carbocycles. The highest BCUT2D eigenvalue weighted by molar-refractivity contribution is 6.04. The first-order chi connectivity index (χ1) is 10.7. The minimum atomic E-state index is -0.458. The molecule has 0 aliphatic carbocycles. The number of rotatable bonds is 3. The summed E-state index contributed by atoms with van der Waals surface area (Å²) in [4.78, 5) is 22.9. The molecule has 1 aliphatic rings. The largest absolute Gasteiger partial charge is 0.338 e. The van der Waals surface area contributed by atoms with E-state index in [9.17, 15) is 9.18 Å². The smallest absolute Gasteiger partial charge is 0.256 e. The summed E-state index contributed by atoms with van der Waals surface area (Å²) in [6.45, 7) is 2.28. The fourth-order valence-electron chi connectivity index (χ4n) is 3.08. The van der Waals surface area contributed by atoms with Gasteiger partial charge in [-0.3, -0.25) is 14.8 Å². The highest BCUT2D eigenvalue weighted by Gasteiger charge is 2.26. The minimum absolute atomic E-state index is 0.161. The van der Waals surface area contributed by atoms with Crippen LogP contribution in [0.4, 0.5) is 4.39 Å². The van der Waals surface area contributed by atoms with Gasteiger partial charge >= 0.3 is 0 Å². The van der Waals surface area contributed by atoms with Crippen LogP contribution < -0.4 is 5.32 Å². The van der Waals surface area contributed by atoms with E-state index in [1.54, 1.807) is 4.90 Å². The van der Waals surface area contributed by atoms with Crippen LogP contribution in [0.1, 0.15) is 23.2 Å². The maximum Gasteiger partial charge on any atom is 0.256 e. The van der Waals surface area contributed by atoms with E-state index in [-0.39, 0.29) is 5.91 Å². The van der Waals surface area contributed by atoms with Crippen LogP contribution >= 0.6 is 0 Å². The number of hydrogen-bond donors (Lipinski definition) is 1. The Balaban J connectivity index is 1.91. The molecule has 1 atom stereocenters. The highest BCUT2D eigenvalue weighted by Crippen LogP contribution is 2.22. The number of nitrogens with one attached hydrogen (secondary N) is 1. The summed E-state index contributed by atoms with van der Waals surface area (Å²) in [5.41, 5.74) is 1.17. The summed E-state index contributed by atoms with van der Waals surface area (Å²) < 4.78 is 13.8. The Hall–Kier alpha value is -2.08. The van der Waals surface area contributed by atoms with Crippen LogP contribution in [-0.2, 0) is 0 Å². The molecule has 2 heterocycles. The van der Waals surface area contributed by atoms with E-state index < -0.39 is 5.82 Å². The van der Waals surface area contributed by atoms with Gasteiger partial charge in [-0.1, -0.05) is 0 Å². The van der Waals surface area contributed by atoms with E-state index in [4.69, 9.17) is 0 Å². The van der Waals surface area contributed by atoms with Crippen molar-refractivity contribution in [3.05, 3.63) is 35.9 Å². The van der Waals surface area contributed by atoms with Crippen LogP contribution in [0, 0.1) is 11.7 Å². The fourth-order valence-corrected chi connectivity index (χ4v) is 3.08. The molecule has 1 fully saturated rings. The molecule has 2 aromatic rings. The van der Waals surface area contributed by atoms with Crippen molar-refractivity contribution in [3.63, 3.8) is 0 Å². The summed E-state index contributed by atoms with van der Waals surface area (Å²) in [6, 6.07) is 2.57. The number of carbonyl (C=O) groups is 1. The molecule has 0 unspecified atom stereocenters. The maximum atomic E-state index is 13.8. The van der Waals surface area contributed by atoms with Gasteiger partial charge in [0.2, 0.25) is 0 Å². The predicted molar refractivity (Wildman–Crippen MR) is 82.1 cm³/mol. The Bertz CT molecular complexity index is 689. The van der Waals surface area contributed by atoms with Crippen LogP contribution in [-0.4, -0.2) is 47.5 Å². The van der Waals surface area contributed by atoms with Crippen molar-refractivity contribution < 1.29 is 9.18 Å². The van der Waals surface area contributed by atoms with Crippen molar-refractivity contribution in [2.75, 3.05) is 26.7 Å². The first-order valence-corrected chi connectivity index (χ1v) is 7.53. The second-order valence-electron chi connectivity index (χ2n) is 5.69. The number of benzene rings is 1. The van der Waals surface area contributed by atoms with Crippen LogP contribution in [0.5, 0.6) is 0 Å². The van der Waals surface area contributed by atoms with Gasteiger partial charge < -0.3 is 10.2 Å². The molecule has 1 N–H and O–H groups in total. The van der Waals surface area contributed by atoms with Crippen LogP contribution in [0.3, 0.4) is 0 Å². The number of nitrogens with zero attached hydrogens (tertiary/aromatic N) is 3. The Labute approximate surface area is 128 Å². The van der Waals surface area contributed by atoms with Crippen LogP contribution in [0.2, 0.25) is 0 Å². The van der Waals surface area contributed by atoms with Crippen LogP contribution in [0.25, 0.3) is 11.0 Å². The van der Waals surface area contributed by atoms with Gasteiger partial charge in [0.25, 0.3) is 5.91 Å². The first-order valence-electron chi connectivity index (χ1n) is 7.53. The molecule has 1 aliphatic heterocycles. The third-order valence-corrected chi connectivity index (χ3v) is 4.07. The fraction of sp³-hybridized carbons (Fsp3) is 0.438. The molecular formula is C16H19FN4O.